The highest BCUT2D eigenvalue weighted by Crippen LogP contribution is 2.36. The van der Waals surface area contributed by atoms with Crippen molar-refractivity contribution in [2.45, 2.75) is 6.10 Å². The van der Waals surface area contributed by atoms with E-state index in [9.17, 15) is 19.1 Å². The highest BCUT2D eigenvalue weighted by Gasteiger charge is 2.22. The fraction of sp³-hybridized carbons (Fsp3) is 0.167. The van der Waals surface area contributed by atoms with Gasteiger partial charge in [0.2, 0.25) is 5.88 Å². The number of halogens is 4. The third-order valence-electron chi connectivity index (χ3n) is 3.93. The van der Waals surface area contributed by atoms with Crippen molar-refractivity contribution in [1.82, 2.24) is 9.55 Å². The first-order valence-corrected chi connectivity index (χ1v) is 9.18. The molecule has 0 saturated heterocycles. The number of nitrogens with zero attached hydrogens (tertiary/aromatic N) is 2. The van der Waals surface area contributed by atoms with Gasteiger partial charge in [0.1, 0.15) is 23.9 Å². The zero-order valence-corrected chi connectivity index (χ0v) is 16.7. The molecule has 11 heteroatoms. The second kappa shape index (κ2) is 8.64. The Morgan fingerprint density at radius 3 is 2.45 bits per heavy atom. The van der Waals surface area contributed by atoms with Crippen molar-refractivity contribution >= 4 is 52.0 Å². The average Bonchev–Trinajstić information content (AvgIpc) is 2.67. The van der Waals surface area contributed by atoms with Crippen LogP contribution in [-0.4, -0.2) is 45.4 Å². The Balaban J connectivity index is 2.41. The molecule has 0 aliphatic carbocycles. The summed E-state index contributed by atoms with van der Waals surface area (Å²) in [7, 11) is 0. The maximum atomic E-state index is 13.6. The largest absolute Gasteiger partial charge is 0.474 e. The third-order valence-corrected chi connectivity index (χ3v) is 4.78. The molecule has 1 atom stereocenters. The number of aliphatic hydroxyl groups excluding tert-OH is 2. The predicted molar refractivity (Wildman–Crippen MR) is 106 cm³/mol. The topological polar surface area (TPSA) is 102 Å². The number of hydrogen-bond acceptors (Lipinski definition) is 6. The number of fused-ring (bicyclic) bond motifs is 1. The van der Waals surface area contributed by atoms with Crippen LogP contribution in [0.25, 0.3) is 16.6 Å². The van der Waals surface area contributed by atoms with Gasteiger partial charge in [-0.05, 0) is 12.1 Å². The first kappa shape index (κ1) is 21.5. The molecule has 1 aromatic carbocycles. The quantitative estimate of drug-likeness (QED) is 0.547. The molecule has 3 aromatic rings. The van der Waals surface area contributed by atoms with Crippen molar-refractivity contribution in [3.05, 3.63) is 61.2 Å². The molecule has 29 heavy (non-hydrogen) atoms. The highest BCUT2D eigenvalue weighted by molar-refractivity contribution is 6.38. The van der Waals surface area contributed by atoms with Gasteiger partial charge in [-0.1, -0.05) is 34.8 Å². The smallest absolute Gasteiger partial charge is 0.227 e. The number of rotatable bonds is 6. The zero-order valence-electron chi connectivity index (χ0n) is 14.4. The van der Waals surface area contributed by atoms with Crippen LogP contribution in [0.1, 0.15) is 10.5 Å². The molecule has 0 spiro atoms. The molecule has 0 aliphatic rings. The number of ether oxygens (including phenoxy) is 1. The fourth-order valence-electron chi connectivity index (χ4n) is 2.72. The molecule has 0 aliphatic heterocycles. The van der Waals surface area contributed by atoms with Gasteiger partial charge in [0.05, 0.1) is 44.8 Å². The van der Waals surface area contributed by atoms with Gasteiger partial charge in [-0.25, -0.2) is 9.37 Å². The molecule has 7 nitrogen and oxygen atoms in total. The van der Waals surface area contributed by atoms with E-state index in [1.165, 1.54) is 10.8 Å². The minimum absolute atomic E-state index is 0.000151. The summed E-state index contributed by atoms with van der Waals surface area (Å²) < 4.78 is 20.2. The molecule has 0 radical (unpaired) electrons. The zero-order chi connectivity index (χ0) is 21.3. The van der Waals surface area contributed by atoms with E-state index in [0.717, 1.165) is 18.2 Å². The predicted octanol–water partition coefficient (Wildman–Crippen LogP) is 3.03. The van der Waals surface area contributed by atoms with Gasteiger partial charge in [0, 0.05) is 6.07 Å². The van der Waals surface area contributed by atoms with Crippen molar-refractivity contribution < 1.29 is 24.1 Å². The van der Waals surface area contributed by atoms with E-state index in [4.69, 9.17) is 44.6 Å². The van der Waals surface area contributed by atoms with Gasteiger partial charge in [0.15, 0.2) is 11.7 Å². The van der Waals surface area contributed by atoms with Gasteiger partial charge in [-0.15, -0.1) is 0 Å². The number of benzene rings is 1. The van der Waals surface area contributed by atoms with Crippen molar-refractivity contribution in [2.24, 2.45) is 0 Å². The average molecular weight is 462 g/mol. The summed E-state index contributed by atoms with van der Waals surface area (Å²) in [4.78, 5) is 28.3. The molecular weight excluding hydrogens is 450 g/mol. The molecule has 0 bridgehead atoms. The highest BCUT2D eigenvalue weighted by atomic mass is 35.5. The molecule has 1 unspecified atom stereocenters. The standard InChI is InChI=1S/C18H12Cl3FN2O5/c19-11-1-8(22)2-12(20)16(11)24-9(5-25)3-14(28)15-17(24)13(21)4-23-18(15)29-7-10(27)6-26/h1-5,10,26-27H,6-7H2. The Morgan fingerprint density at radius 2 is 1.86 bits per heavy atom. The summed E-state index contributed by atoms with van der Waals surface area (Å²) >= 11 is 18.6. The van der Waals surface area contributed by atoms with Crippen molar-refractivity contribution in [3.63, 3.8) is 0 Å². The molecule has 2 heterocycles. The summed E-state index contributed by atoms with van der Waals surface area (Å²) in [6.07, 6.45) is 0.351. The van der Waals surface area contributed by atoms with Gasteiger partial charge in [-0.3, -0.25) is 9.59 Å². The Kier molecular flexibility index (Phi) is 6.40. The monoisotopic (exact) mass is 460 g/mol. The van der Waals surface area contributed by atoms with Crippen LogP contribution in [0.2, 0.25) is 15.1 Å². The van der Waals surface area contributed by atoms with Crippen LogP contribution in [0.3, 0.4) is 0 Å². The number of pyridine rings is 2. The molecule has 0 fully saturated rings. The minimum atomic E-state index is -1.21. The van der Waals surface area contributed by atoms with E-state index in [-0.39, 0.29) is 49.8 Å². The van der Waals surface area contributed by atoms with E-state index < -0.39 is 24.0 Å². The maximum absolute atomic E-state index is 13.6. The molecule has 0 saturated carbocycles. The number of carbonyl (C=O) groups is 1. The van der Waals surface area contributed by atoms with Crippen molar-refractivity contribution in [1.29, 1.82) is 0 Å². The number of carbonyl (C=O) groups excluding carboxylic acids is 1. The van der Waals surface area contributed by atoms with Crippen molar-refractivity contribution in [2.75, 3.05) is 13.2 Å². The van der Waals surface area contributed by atoms with Crippen LogP contribution in [0.15, 0.2) is 29.2 Å². The lowest BCUT2D eigenvalue weighted by atomic mass is 10.2. The van der Waals surface area contributed by atoms with Crippen LogP contribution in [-0.2, 0) is 0 Å². The Bertz CT molecular complexity index is 1150. The summed E-state index contributed by atoms with van der Waals surface area (Å²) in [5.74, 6) is -0.890. The molecule has 3 rings (SSSR count). The lowest BCUT2D eigenvalue weighted by molar-refractivity contribution is 0.0526. The normalized spacial score (nSPS) is 12.2. The summed E-state index contributed by atoms with van der Waals surface area (Å²) in [5.41, 5.74) is -0.764. The van der Waals surface area contributed by atoms with E-state index in [1.54, 1.807) is 0 Å². The number of aliphatic hydroxyl groups is 2. The van der Waals surface area contributed by atoms with Gasteiger partial charge in [0.25, 0.3) is 0 Å². The fourth-order valence-corrected chi connectivity index (χ4v) is 3.57. The van der Waals surface area contributed by atoms with Crippen LogP contribution >= 0.6 is 34.8 Å². The lowest BCUT2D eigenvalue weighted by Crippen LogP contribution is -2.22. The van der Waals surface area contributed by atoms with Crippen LogP contribution in [0, 0.1) is 5.82 Å². The van der Waals surface area contributed by atoms with Gasteiger partial charge < -0.3 is 19.5 Å². The summed E-state index contributed by atoms with van der Waals surface area (Å²) in [5, 5.41) is 18.0. The first-order chi connectivity index (χ1) is 13.8. The molecule has 2 aromatic heterocycles. The molecule has 2 N–H and O–H groups in total. The van der Waals surface area contributed by atoms with E-state index in [1.807, 2.05) is 0 Å². The Morgan fingerprint density at radius 1 is 1.21 bits per heavy atom. The second-order valence-electron chi connectivity index (χ2n) is 5.89. The van der Waals surface area contributed by atoms with Crippen LogP contribution in [0.4, 0.5) is 4.39 Å². The minimum Gasteiger partial charge on any atom is -0.474 e. The van der Waals surface area contributed by atoms with Crippen LogP contribution in [0.5, 0.6) is 5.88 Å². The lowest BCUT2D eigenvalue weighted by Gasteiger charge is -2.19. The van der Waals surface area contributed by atoms with Gasteiger partial charge >= 0.3 is 0 Å². The Hall–Kier alpha value is -2.23. The van der Waals surface area contributed by atoms with Crippen molar-refractivity contribution in [3.8, 4) is 11.6 Å². The van der Waals surface area contributed by atoms with E-state index in [0.29, 0.717) is 6.29 Å². The molecule has 152 valence electrons. The number of hydrogen-bond donors (Lipinski definition) is 2. The third kappa shape index (κ3) is 4.08. The summed E-state index contributed by atoms with van der Waals surface area (Å²) in [6.45, 7) is -0.918. The summed E-state index contributed by atoms with van der Waals surface area (Å²) in [6, 6.07) is 2.98. The number of aromatic nitrogens is 2. The molecule has 0 amide bonds. The number of aldehydes is 1. The molecular formula is C18H12Cl3FN2O5. The Labute approximate surface area is 177 Å². The second-order valence-corrected chi connectivity index (χ2v) is 7.11. The maximum Gasteiger partial charge on any atom is 0.227 e. The van der Waals surface area contributed by atoms with Gasteiger partial charge in [-0.2, -0.15) is 0 Å². The van der Waals surface area contributed by atoms with Crippen LogP contribution < -0.4 is 10.2 Å². The first-order valence-electron chi connectivity index (χ1n) is 8.04. The van der Waals surface area contributed by atoms with E-state index in [2.05, 4.69) is 4.98 Å². The van der Waals surface area contributed by atoms with E-state index >= 15 is 0 Å². The SMILES string of the molecule is O=Cc1cc(=O)c2c(OCC(O)CO)ncc(Cl)c2n1-c1c(Cl)cc(F)cc1Cl.